The Labute approximate surface area is 102 Å². The van der Waals surface area contributed by atoms with Crippen molar-refractivity contribution in [3.8, 4) is 0 Å². The van der Waals surface area contributed by atoms with Crippen LogP contribution in [0.15, 0.2) is 18.2 Å². The maximum Gasteiger partial charge on any atom is 0.408 e. The SMILES string of the molecule is Cc1ccc(I)c([C@@H]2OC(=O)N[C@H]2C)c1. The van der Waals surface area contributed by atoms with Gasteiger partial charge < -0.3 is 10.1 Å². The molecule has 0 aliphatic carbocycles. The van der Waals surface area contributed by atoms with Crippen molar-refractivity contribution in [2.24, 2.45) is 0 Å². The summed E-state index contributed by atoms with van der Waals surface area (Å²) in [5.74, 6) is 0. The second-order valence-electron chi connectivity index (χ2n) is 3.78. The number of halogens is 1. The highest BCUT2D eigenvalue weighted by Gasteiger charge is 2.32. The third-order valence-electron chi connectivity index (χ3n) is 2.49. The van der Waals surface area contributed by atoms with E-state index < -0.39 is 0 Å². The number of hydrogen-bond donors (Lipinski definition) is 1. The molecule has 15 heavy (non-hydrogen) atoms. The van der Waals surface area contributed by atoms with Crippen LogP contribution in [0.25, 0.3) is 0 Å². The van der Waals surface area contributed by atoms with Gasteiger partial charge in [-0.1, -0.05) is 17.7 Å². The van der Waals surface area contributed by atoms with E-state index in [4.69, 9.17) is 4.74 Å². The Bertz CT molecular complexity index is 406. The summed E-state index contributed by atoms with van der Waals surface area (Å²) < 4.78 is 6.37. The number of hydrogen-bond acceptors (Lipinski definition) is 2. The van der Waals surface area contributed by atoms with E-state index in [-0.39, 0.29) is 18.2 Å². The quantitative estimate of drug-likeness (QED) is 0.809. The lowest BCUT2D eigenvalue weighted by Crippen LogP contribution is -2.24. The molecule has 0 saturated carbocycles. The largest absolute Gasteiger partial charge is 0.439 e. The van der Waals surface area contributed by atoms with Crippen LogP contribution < -0.4 is 5.32 Å². The van der Waals surface area contributed by atoms with Crippen molar-refractivity contribution in [2.45, 2.75) is 26.0 Å². The van der Waals surface area contributed by atoms with Gasteiger partial charge in [-0.05, 0) is 42.5 Å². The molecular weight excluding hydrogens is 305 g/mol. The molecule has 1 aliphatic heterocycles. The summed E-state index contributed by atoms with van der Waals surface area (Å²) >= 11 is 2.26. The summed E-state index contributed by atoms with van der Waals surface area (Å²) in [6, 6.07) is 6.21. The first-order valence-corrected chi connectivity index (χ1v) is 5.89. The molecule has 1 saturated heterocycles. The summed E-state index contributed by atoms with van der Waals surface area (Å²) in [5.41, 5.74) is 2.27. The number of aryl methyl sites for hydroxylation is 1. The standard InChI is InChI=1S/C11H12INO2/c1-6-3-4-9(12)8(5-6)10-7(2)13-11(14)15-10/h3-5,7,10H,1-2H3,(H,13,14)/t7-,10+/m0/s1. The molecule has 3 nitrogen and oxygen atoms in total. The first kappa shape index (κ1) is 10.7. The van der Waals surface area contributed by atoms with E-state index in [1.165, 1.54) is 5.56 Å². The molecule has 4 heteroatoms. The van der Waals surface area contributed by atoms with Gasteiger partial charge in [0.1, 0.15) is 6.10 Å². The smallest absolute Gasteiger partial charge is 0.408 e. The van der Waals surface area contributed by atoms with E-state index in [0.29, 0.717) is 0 Å². The van der Waals surface area contributed by atoms with Gasteiger partial charge in [0.15, 0.2) is 0 Å². The predicted molar refractivity (Wildman–Crippen MR) is 65.7 cm³/mol. The highest BCUT2D eigenvalue weighted by molar-refractivity contribution is 14.1. The summed E-state index contributed by atoms with van der Waals surface area (Å²) in [5, 5.41) is 2.75. The van der Waals surface area contributed by atoms with Crippen LogP contribution in [0.3, 0.4) is 0 Å². The fourth-order valence-electron chi connectivity index (χ4n) is 1.73. The lowest BCUT2D eigenvalue weighted by molar-refractivity contribution is 0.133. The number of benzene rings is 1. The zero-order valence-corrected chi connectivity index (χ0v) is 10.7. The van der Waals surface area contributed by atoms with Crippen LogP contribution in [-0.2, 0) is 4.74 Å². The Balaban J connectivity index is 2.36. The van der Waals surface area contributed by atoms with E-state index in [9.17, 15) is 4.79 Å². The van der Waals surface area contributed by atoms with Gasteiger partial charge >= 0.3 is 6.09 Å². The molecule has 0 unspecified atom stereocenters. The molecule has 1 fully saturated rings. The van der Waals surface area contributed by atoms with Gasteiger partial charge in [-0.3, -0.25) is 0 Å². The molecule has 1 amide bonds. The number of amides is 1. The van der Waals surface area contributed by atoms with Gasteiger partial charge in [-0.25, -0.2) is 4.79 Å². The number of nitrogens with one attached hydrogen (secondary N) is 1. The van der Waals surface area contributed by atoms with Crippen LogP contribution in [0, 0.1) is 10.5 Å². The summed E-state index contributed by atoms with van der Waals surface area (Å²) in [6.07, 6.45) is -0.492. The normalized spacial score (nSPS) is 24.9. The third kappa shape index (κ3) is 2.09. The van der Waals surface area contributed by atoms with Crippen LogP contribution in [0.5, 0.6) is 0 Å². The molecule has 1 N–H and O–H groups in total. The van der Waals surface area contributed by atoms with Crippen LogP contribution >= 0.6 is 22.6 Å². The Kier molecular flexibility index (Phi) is 2.86. The molecule has 0 bridgehead atoms. The van der Waals surface area contributed by atoms with Crippen LogP contribution in [0.4, 0.5) is 4.79 Å². The average Bonchev–Trinajstić information content (AvgIpc) is 2.50. The monoisotopic (exact) mass is 317 g/mol. The molecular formula is C11H12INO2. The number of cyclic esters (lactones) is 1. The van der Waals surface area contributed by atoms with Gasteiger partial charge in [0.05, 0.1) is 6.04 Å². The maximum absolute atomic E-state index is 11.1. The first-order chi connectivity index (χ1) is 7.08. The fraction of sp³-hybridized carbons (Fsp3) is 0.364. The van der Waals surface area contributed by atoms with E-state index >= 15 is 0 Å². The first-order valence-electron chi connectivity index (χ1n) is 4.81. The van der Waals surface area contributed by atoms with Gasteiger partial charge in [0.2, 0.25) is 0 Å². The lowest BCUT2D eigenvalue weighted by Gasteiger charge is -2.15. The van der Waals surface area contributed by atoms with E-state index in [0.717, 1.165) is 9.13 Å². The fourth-order valence-corrected chi connectivity index (χ4v) is 2.37. The second kappa shape index (κ2) is 4.00. The van der Waals surface area contributed by atoms with Gasteiger partial charge in [-0.15, -0.1) is 0 Å². The highest BCUT2D eigenvalue weighted by atomic mass is 127. The van der Waals surface area contributed by atoms with E-state index in [2.05, 4.69) is 40.0 Å². The van der Waals surface area contributed by atoms with Gasteiger partial charge in [-0.2, -0.15) is 0 Å². The topological polar surface area (TPSA) is 38.3 Å². The molecule has 1 aromatic carbocycles. The Morgan fingerprint density at radius 2 is 2.20 bits per heavy atom. The minimum absolute atomic E-state index is 0.0350. The maximum atomic E-state index is 11.1. The van der Waals surface area contributed by atoms with Gasteiger partial charge in [0.25, 0.3) is 0 Å². The summed E-state index contributed by atoms with van der Waals surface area (Å²) in [7, 11) is 0. The minimum atomic E-state index is -0.329. The highest BCUT2D eigenvalue weighted by Crippen LogP contribution is 2.30. The number of carbonyl (C=O) groups is 1. The second-order valence-corrected chi connectivity index (χ2v) is 4.95. The van der Waals surface area contributed by atoms with Crippen molar-refractivity contribution >= 4 is 28.7 Å². The number of ether oxygens (including phenoxy) is 1. The molecule has 0 spiro atoms. The van der Waals surface area contributed by atoms with Crippen molar-refractivity contribution in [2.75, 3.05) is 0 Å². The lowest BCUT2D eigenvalue weighted by atomic mass is 10.0. The van der Waals surface area contributed by atoms with E-state index in [1.807, 2.05) is 19.9 Å². The molecule has 2 atom stereocenters. The van der Waals surface area contributed by atoms with Crippen LogP contribution in [0.2, 0.25) is 0 Å². The zero-order valence-electron chi connectivity index (χ0n) is 8.58. The zero-order chi connectivity index (χ0) is 11.0. The summed E-state index contributed by atoms with van der Waals surface area (Å²) in [4.78, 5) is 11.1. The number of carbonyl (C=O) groups excluding carboxylic acids is 1. The van der Waals surface area contributed by atoms with Crippen molar-refractivity contribution in [3.63, 3.8) is 0 Å². The van der Waals surface area contributed by atoms with Crippen molar-refractivity contribution in [3.05, 3.63) is 32.9 Å². The molecule has 0 radical (unpaired) electrons. The Hall–Kier alpha value is -0.780. The van der Waals surface area contributed by atoms with Crippen LogP contribution in [-0.4, -0.2) is 12.1 Å². The summed E-state index contributed by atoms with van der Waals surface area (Å²) in [6.45, 7) is 3.99. The molecule has 1 aromatic rings. The molecule has 80 valence electrons. The van der Waals surface area contributed by atoms with Crippen molar-refractivity contribution in [1.29, 1.82) is 0 Å². The number of rotatable bonds is 1. The van der Waals surface area contributed by atoms with Crippen molar-refractivity contribution in [1.82, 2.24) is 5.32 Å². The van der Waals surface area contributed by atoms with Crippen LogP contribution in [0.1, 0.15) is 24.2 Å². The van der Waals surface area contributed by atoms with Gasteiger partial charge in [0, 0.05) is 9.13 Å². The minimum Gasteiger partial charge on any atom is -0.439 e. The molecule has 1 aliphatic rings. The molecule has 1 heterocycles. The predicted octanol–water partition coefficient (Wildman–Crippen LogP) is 2.77. The number of alkyl carbamates (subject to hydrolysis) is 1. The Morgan fingerprint density at radius 3 is 2.80 bits per heavy atom. The average molecular weight is 317 g/mol. The Morgan fingerprint density at radius 1 is 1.47 bits per heavy atom. The molecule has 0 aromatic heterocycles. The van der Waals surface area contributed by atoms with E-state index in [1.54, 1.807) is 0 Å². The van der Waals surface area contributed by atoms with Crippen molar-refractivity contribution < 1.29 is 9.53 Å². The molecule has 2 rings (SSSR count). The third-order valence-corrected chi connectivity index (χ3v) is 3.47.